The zero-order chi connectivity index (χ0) is 19.4. The third-order valence-electron chi connectivity index (χ3n) is 3.79. The summed E-state index contributed by atoms with van der Waals surface area (Å²) < 4.78 is 45.0. The van der Waals surface area contributed by atoms with Gasteiger partial charge in [-0.3, -0.25) is 15.1 Å². The molecule has 0 aliphatic carbocycles. The van der Waals surface area contributed by atoms with Gasteiger partial charge in [-0.15, -0.1) is 0 Å². The van der Waals surface area contributed by atoms with Crippen LogP contribution in [0.3, 0.4) is 0 Å². The van der Waals surface area contributed by atoms with Gasteiger partial charge in [-0.05, 0) is 18.2 Å². The summed E-state index contributed by atoms with van der Waals surface area (Å²) in [5.41, 5.74) is -1.30. The van der Waals surface area contributed by atoms with Crippen molar-refractivity contribution in [3.63, 3.8) is 0 Å². The lowest BCUT2D eigenvalue weighted by Crippen LogP contribution is -2.16. The summed E-state index contributed by atoms with van der Waals surface area (Å²) in [6.07, 6.45) is -3.09. The molecular formula is C18H14F3N3O3. The summed E-state index contributed by atoms with van der Waals surface area (Å²) in [5, 5.41) is 14.2. The van der Waals surface area contributed by atoms with E-state index in [4.69, 9.17) is 4.74 Å². The molecule has 6 nitrogen and oxygen atoms in total. The first-order chi connectivity index (χ1) is 12.9. The van der Waals surface area contributed by atoms with Crippen molar-refractivity contribution in [3.8, 4) is 5.75 Å². The second kappa shape index (κ2) is 7.48. The molecule has 0 aliphatic rings. The number of benzene rings is 2. The van der Waals surface area contributed by atoms with Crippen molar-refractivity contribution in [2.75, 3.05) is 18.5 Å². The highest BCUT2D eigenvalue weighted by Gasteiger charge is 2.35. The number of nitrogens with zero attached hydrogens (tertiary/aromatic N) is 2. The number of halogens is 3. The maximum Gasteiger partial charge on any atom is 0.418 e. The average Bonchev–Trinajstić information content (AvgIpc) is 2.64. The highest BCUT2D eigenvalue weighted by atomic mass is 19.4. The van der Waals surface area contributed by atoms with Crippen LogP contribution in [0, 0.1) is 10.1 Å². The van der Waals surface area contributed by atoms with Crippen LogP contribution in [0.15, 0.2) is 54.7 Å². The van der Waals surface area contributed by atoms with Crippen molar-refractivity contribution in [2.45, 2.75) is 6.18 Å². The van der Waals surface area contributed by atoms with Crippen molar-refractivity contribution in [2.24, 2.45) is 0 Å². The average molecular weight is 377 g/mol. The van der Waals surface area contributed by atoms with Crippen LogP contribution in [0.4, 0.5) is 24.5 Å². The van der Waals surface area contributed by atoms with E-state index in [9.17, 15) is 23.3 Å². The number of pyridine rings is 1. The van der Waals surface area contributed by atoms with Crippen molar-refractivity contribution in [3.05, 3.63) is 70.4 Å². The highest BCUT2D eigenvalue weighted by Crippen LogP contribution is 2.37. The van der Waals surface area contributed by atoms with E-state index in [1.807, 2.05) is 12.1 Å². The predicted octanol–water partition coefficient (Wildman–Crippen LogP) is 4.65. The summed E-state index contributed by atoms with van der Waals surface area (Å²) in [6.45, 7) is 0.161. The first-order valence-corrected chi connectivity index (χ1v) is 7.92. The topological polar surface area (TPSA) is 77.3 Å². The summed E-state index contributed by atoms with van der Waals surface area (Å²) in [6, 6.07) is 11.6. The molecule has 0 amide bonds. The number of nitro groups is 1. The normalized spacial score (nSPS) is 11.4. The second-order valence-electron chi connectivity index (χ2n) is 5.59. The number of hydrogen-bond donors (Lipinski definition) is 1. The Balaban J connectivity index is 1.69. The number of ether oxygens (including phenoxy) is 1. The number of rotatable bonds is 6. The molecule has 1 aromatic heterocycles. The molecule has 3 rings (SSSR count). The molecule has 0 unspecified atom stereocenters. The molecule has 0 fully saturated rings. The minimum absolute atomic E-state index is 0.0735. The molecule has 0 saturated carbocycles. The van der Waals surface area contributed by atoms with E-state index < -0.39 is 22.4 Å². The molecule has 0 bridgehead atoms. The molecule has 3 aromatic rings. The standard InChI is InChI=1S/C18H14F3N3O3/c19-18(20,21)14-11-13(24(25)26)6-7-15(14)22-9-10-27-16-5-1-3-12-4-2-8-23-17(12)16/h1-8,11,22H,9-10H2. The molecule has 1 heterocycles. The van der Waals surface area contributed by atoms with Gasteiger partial charge in [0, 0.05) is 35.9 Å². The van der Waals surface area contributed by atoms with Crippen LogP contribution in [0.25, 0.3) is 10.9 Å². The van der Waals surface area contributed by atoms with Crippen LogP contribution in [0.2, 0.25) is 0 Å². The lowest BCUT2D eigenvalue weighted by Gasteiger charge is -2.15. The SMILES string of the molecule is O=[N+]([O-])c1ccc(NCCOc2cccc3cccnc23)c(C(F)(F)F)c1. The molecule has 140 valence electrons. The summed E-state index contributed by atoms with van der Waals surface area (Å²) in [4.78, 5) is 14.1. The van der Waals surface area contributed by atoms with E-state index >= 15 is 0 Å². The van der Waals surface area contributed by atoms with Crippen molar-refractivity contribution < 1.29 is 22.8 Å². The van der Waals surface area contributed by atoms with Gasteiger partial charge in [0.05, 0.1) is 10.5 Å². The molecule has 1 N–H and O–H groups in total. The number of alkyl halides is 3. The Morgan fingerprint density at radius 1 is 1.15 bits per heavy atom. The van der Waals surface area contributed by atoms with Crippen LogP contribution < -0.4 is 10.1 Å². The fourth-order valence-electron chi connectivity index (χ4n) is 2.57. The fourth-order valence-corrected chi connectivity index (χ4v) is 2.57. The quantitative estimate of drug-likeness (QED) is 0.384. The molecule has 0 radical (unpaired) electrons. The van der Waals surface area contributed by atoms with Crippen LogP contribution in [-0.2, 0) is 6.18 Å². The number of anilines is 1. The van der Waals surface area contributed by atoms with Crippen molar-refractivity contribution >= 4 is 22.3 Å². The number of aromatic nitrogens is 1. The largest absolute Gasteiger partial charge is 0.489 e. The molecule has 2 aromatic carbocycles. The first kappa shape index (κ1) is 18.4. The highest BCUT2D eigenvalue weighted by molar-refractivity contribution is 5.84. The number of hydrogen-bond acceptors (Lipinski definition) is 5. The zero-order valence-corrected chi connectivity index (χ0v) is 13.9. The number of nitro benzene ring substituents is 1. The lowest BCUT2D eigenvalue weighted by molar-refractivity contribution is -0.385. The Morgan fingerprint density at radius 3 is 2.67 bits per heavy atom. The smallest absolute Gasteiger partial charge is 0.418 e. The van der Waals surface area contributed by atoms with Gasteiger partial charge in [-0.2, -0.15) is 13.2 Å². The Labute approximate surface area is 151 Å². The van der Waals surface area contributed by atoms with Crippen molar-refractivity contribution in [1.29, 1.82) is 0 Å². The lowest BCUT2D eigenvalue weighted by atomic mass is 10.1. The van der Waals surface area contributed by atoms with Gasteiger partial charge < -0.3 is 10.1 Å². The van der Waals surface area contributed by atoms with Crippen molar-refractivity contribution in [1.82, 2.24) is 4.98 Å². The maximum atomic E-state index is 13.1. The van der Waals surface area contributed by atoms with E-state index in [1.54, 1.807) is 24.4 Å². The Kier molecular flexibility index (Phi) is 5.11. The number of nitrogens with one attached hydrogen (secondary N) is 1. The van der Waals surface area contributed by atoms with Crippen LogP contribution in [0.1, 0.15) is 5.56 Å². The summed E-state index contributed by atoms with van der Waals surface area (Å²) in [5.74, 6) is 0.523. The minimum atomic E-state index is -4.71. The Morgan fingerprint density at radius 2 is 1.93 bits per heavy atom. The van der Waals surface area contributed by atoms with Gasteiger partial charge in [-0.25, -0.2) is 0 Å². The predicted molar refractivity (Wildman–Crippen MR) is 93.8 cm³/mol. The first-order valence-electron chi connectivity index (χ1n) is 7.92. The van der Waals surface area contributed by atoms with Crippen LogP contribution in [-0.4, -0.2) is 23.1 Å². The van der Waals surface area contributed by atoms with Crippen LogP contribution in [0.5, 0.6) is 5.75 Å². The van der Waals surface area contributed by atoms with Gasteiger partial charge in [0.1, 0.15) is 17.9 Å². The molecule has 0 atom stereocenters. The van der Waals surface area contributed by atoms with E-state index in [1.165, 1.54) is 0 Å². The Hall–Kier alpha value is -3.36. The molecule has 9 heteroatoms. The zero-order valence-electron chi connectivity index (χ0n) is 13.9. The molecule has 0 aliphatic heterocycles. The summed E-state index contributed by atoms with van der Waals surface area (Å²) in [7, 11) is 0. The van der Waals surface area contributed by atoms with Gasteiger partial charge in [0.2, 0.25) is 0 Å². The fraction of sp³-hybridized carbons (Fsp3) is 0.167. The van der Waals surface area contributed by atoms with E-state index in [0.29, 0.717) is 17.3 Å². The van der Waals surface area contributed by atoms with E-state index in [0.717, 1.165) is 17.5 Å². The van der Waals surface area contributed by atoms with Gasteiger partial charge in [0.15, 0.2) is 0 Å². The second-order valence-corrected chi connectivity index (χ2v) is 5.59. The van der Waals surface area contributed by atoms with E-state index in [2.05, 4.69) is 10.3 Å². The molecular weight excluding hydrogens is 363 g/mol. The van der Waals surface area contributed by atoms with Gasteiger partial charge in [0.25, 0.3) is 5.69 Å². The molecule has 27 heavy (non-hydrogen) atoms. The van der Waals surface area contributed by atoms with Crippen LogP contribution >= 0.6 is 0 Å². The Bertz CT molecular complexity index is 971. The number of fused-ring (bicyclic) bond motifs is 1. The third-order valence-corrected chi connectivity index (χ3v) is 3.79. The number of non-ortho nitro benzene ring substituents is 1. The van der Waals surface area contributed by atoms with Gasteiger partial charge in [-0.1, -0.05) is 18.2 Å². The third kappa shape index (κ3) is 4.25. The maximum absolute atomic E-state index is 13.1. The molecule has 0 spiro atoms. The molecule has 0 saturated heterocycles. The number of para-hydroxylation sites is 1. The minimum Gasteiger partial charge on any atom is -0.489 e. The van der Waals surface area contributed by atoms with Gasteiger partial charge >= 0.3 is 6.18 Å². The summed E-state index contributed by atoms with van der Waals surface area (Å²) >= 11 is 0. The van der Waals surface area contributed by atoms with E-state index in [-0.39, 0.29) is 18.8 Å². The monoisotopic (exact) mass is 377 g/mol.